The fourth-order valence-corrected chi connectivity index (χ4v) is 6.23. The van der Waals surface area contributed by atoms with Gasteiger partial charge in [-0.1, -0.05) is 43.7 Å². The van der Waals surface area contributed by atoms with E-state index in [1.54, 1.807) is 44.5 Å². The standard InChI is InChI=1S/C30H38N4O5/c1-20-15-24(39-32-20)18-33(30(37)29(36)26-17-31-27-16-23(38-2)13-14-25(26)27)19-28(35)34(21-9-5-3-6-10-21)22-11-7-4-8-12-22/h13-17,21-22,31H,3-12,18-19H2,1-2H3. The number of fused-ring (bicyclic) bond motifs is 1. The zero-order valence-corrected chi connectivity index (χ0v) is 22.9. The third-order valence-corrected chi connectivity index (χ3v) is 8.19. The summed E-state index contributed by atoms with van der Waals surface area (Å²) in [4.78, 5) is 47.7. The molecule has 2 amide bonds. The van der Waals surface area contributed by atoms with Gasteiger partial charge in [0.05, 0.1) is 24.9 Å². The number of ether oxygens (including phenoxy) is 1. The molecule has 2 fully saturated rings. The Labute approximate surface area is 228 Å². The second kappa shape index (κ2) is 12.1. The van der Waals surface area contributed by atoms with Crippen molar-refractivity contribution in [2.75, 3.05) is 13.7 Å². The molecule has 3 aromatic rings. The van der Waals surface area contributed by atoms with Crippen LogP contribution in [0.4, 0.5) is 0 Å². The lowest BCUT2D eigenvalue weighted by molar-refractivity contribution is -0.143. The smallest absolute Gasteiger partial charge is 0.295 e. The Morgan fingerprint density at radius 1 is 1.00 bits per heavy atom. The molecule has 1 N–H and O–H groups in total. The maximum Gasteiger partial charge on any atom is 0.295 e. The summed E-state index contributed by atoms with van der Waals surface area (Å²) in [6, 6.07) is 7.40. The second-order valence-corrected chi connectivity index (χ2v) is 10.9. The summed E-state index contributed by atoms with van der Waals surface area (Å²) in [5, 5.41) is 4.56. The highest BCUT2D eigenvalue weighted by molar-refractivity contribution is 6.45. The van der Waals surface area contributed by atoms with Crippen LogP contribution in [0, 0.1) is 6.92 Å². The average Bonchev–Trinajstić information content (AvgIpc) is 3.58. The number of Topliss-reactive ketones (excluding diaryl/α,β-unsaturated/α-hetero) is 1. The first-order valence-corrected chi connectivity index (χ1v) is 14.2. The average molecular weight is 535 g/mol. The molecule has 0 saturated heterocycles. The highest BCUT2D eigenvalue weighted by Gasteiger charge is 2.35. The number of hydrogen-bond acceptors (Lipinski definition) is 6. The SMILES string of the molecule is COc1ccc2c(C(=O)C(=O)N(CC(=O)N(C3CCCCC3)C3CCCCC3)Cc3cc(C)no3)c[nH]c2c1. The molecule has 0 unspecified atom stereocenters. The third kappa shape index (κ3) is 6.02. The quantitative estimate of drug-likeness (QED) is 0.299. The van der Waals surface area contributed by atoms with Crippen molar-refractivity contribution in [3.8, 4) is 5.75 Å². The molecule has 2 aliphatic rings. The molecular formula is C30H38N4O5. The van der Waals surface area contributed by atoms with E-state index in [0.717, 1.165) is 51.4 Å². The van der Waals surface area contributed by atoms with Crippen molar-refractivity contribution in [3.63, 3.8) is 0 Å². The van der Waals surface area contributed by atoms with Crippen molar-refractivity contribution in [3.05, 3.63) is 47.5 Å². The molecule has 0 atom stereocenters. The molecular weight excluding hydrogens is 496 g/mol. The van der Waals surface area contributed by atoms with Gasteiger partial charge in [0.25, 0.3) is 11.7 Å². The lowest BCUT2D eigenvalue weighted by Gasteiger charge is -2.42. The molecule has 5 rings (SSSR count). The summed E-state index contributed by atoms with van der Waals surface area (Å²) in [5.41, 5.74) is 1.63. The van der Waals surface area contributed by atoms with Gasteiger partial charge >= 0.3 is 0 Å². The number of hydrogen-bond donors (Lipinski definition) is 1. The van der Waals surface area contributed by atoms with E-state index in [1.807, 2.05) is 0 Å². The summed E-state index contributed by atoms with van der Waals surface area (Å²) >= 11 is 0. The van der Waals surface area contributed by atoms with Gasteiger partial charge in [-0.05, 0) is 44.7 Å². The minimum Gasteiger partial charge on any atom is -0.497 e. The van der Waals surface area contributed by atoms with Crippen molar-refractivity contribution in [2.45, 2.75) is 89.8 Å². The number of rotatable bonds is 9. The zero-order chi connectivity index (χ0) is 27.4. The van der Waals surface area contributed by atoms with Gasteiger partial charge in [0.1, 0.15) is 12.3 Å². The Bertz CT molecular complexity index is 1300. The van der Waals surface area contributed by atoms with Crippen molar-refractivity contribution < 1.29 is 23.6 Å². The molecule has 0 aliphatic heterocycles. The summed E-state index contributed by atoms with van der Waals surface area (Å²) in [5.74, 6) is -0.409. The number of benzene rings is 1. The van der Waals surface area contributed by atoms with Crippen molar-refractivity contribution >= 4 is 28.5 Å². The Hall–Kier alpha value is -3.62. The zero-order valence-electron chi connectivity index (χ0n) is 22.9. The number of carbonyl (C=O) groups is 3. The van der Waals surface area contributed by atoms with Gasteiger partial charge in [-0.15, -0.1) is 0 Å². The maximum atomic E-state index is 14.0. The number of methoxy groups -OCH3 is 1. The predicted octanol–water partition coefficient (Wildman–Crippen LogP) is 5.18. The van der Waals surface area contributed by atoms with Crippen LogP contribution < -0.4 is 4.74 Å². The normalized spacial score (nSPS) is 16.8. The fourth-order valence-electron chi connectivity index (χ4n) is 6.23. The molecule has 0 radical (unpaired) electrons. The molecule has 2 aliphatic carbocycles. The minimum absolute atomic E-state index is 0.00347. The Morgan fingerprint density at radius 2 is 1.67 bits per heavy atom. The topological polar surface area (TPSA) is 109 Å². The third-order valence-electron chi connectivity index (χ3n) is 8.19. The van der Waals surface area contributed by atoms with Crippen LogP contribution in [0.25, 0.3) is 10.9 Å². The van der Waals surface area contributed by atoms with Crippen LogP contribution in [0.5, 0.6) is 5.75 Å². The molecule has 2 saturated carbocycles. The van der Waals surface area contributed by atoms with Crippen LogP contribution in [0.3, 0.4) is 0 Å². The summed E-state index contributed by atoms with van der Waals surface area (Å²) < 4.78 is 10.7. The summed E-state index contributed by atoms with van der Waals surface area (Å²) in [6.07, 6.45) is 12.4. The molecule has 39 heavy (non-hydrogen) atoms. The first-order chi connectivity index (χ1) is 18.9. The van der Waals surface area contributed by atoms with Crippen LogP contribution in [0.15, 0.2) is 35.0 Å². The predicted molar refractivity (Wildman–Crippen MR) is 146 cm³/mol. The van der Waals surface area contributed by atoms with Crippen LogP contribution in [0.2, 0.25) is 0 Å². The molecule has 0 bridgehead atoms. The number of carbonyl (C=O) groups excluding carboxylic acids is 3. The number of nitrogens with zero attached hydrogens (tertiary/aromatic N) is 3. The van der Waals surface area contributed by atoms with Gasteiger partial charge in [0.2, 0.25) is 5.91 Å². The molecule has 1 aromatic carbocycles. The summed E-state index contributed by atoms with van der Waals surface area (Å²) in [7, 11) is 1.57. The second-order valence-electron chi connectivity index (χ2n) is 10.9. The molecule has 9 heteroatoms. The summed E-state index contributed by atoms with van der Waals surface area (Å²) in [6.45, 7) is 1.62. The van der Waals surface area contributed by atoms with E-state index in [4.69, 9.17) is 9.26 Å². The Morgan fingerprint density at radius 3 is 2.26 bits per heavy atom. The van der Waals surface area contributed by atoms with E-state index in [-0.39, 0.29) is 36.6 Å². The monoisotopic (exact) mass is 534 g/mol. The molecule has 2 heterocycles. The van der Waals surface area contributed by atoms with Crippen molar-refractivity contribution in [2.24, 2.45) is 0 Å². The Kier molecular flexibility index (Phi) is 8.33. The van der Waals surface area contributed by atoms with Crippen LogP contribution in [-0.2, 0) is 16.1 Å². The van der Waals surface area contributed by atoms with E-state index >= 15 is 0 Å². The first kappa shape index (κ1) is 27.0. The van der Waals surface area contributed by atoms with E-state index < -0.39 is 11.7 Å². The molecule has 2 aromatic heterocycles. The van der Waals surface area contributed by atoms with Gasteiger partial charge in [-0.3, -0.25) is 14.4 Å². The van der Waals surface area contributed by atoms with Gasteiger partial charge in [0, 0.05) is 41.3 Å². The van der Waals surface area contributed by atoms with Gasteiger partial charge in [-0.2, -0.15) is 0 Å². The fraction of sp³-hybridized carbons (Fsp3) is 0.533. The van der Waals surface area contributed by atoms with Crippen LogP contribution >= 0.6 is 0 Å². The number of aromatic nitrogens is 2. The number of aryl methyl sites for hydroxylation is 1. The van der Waals surface area contributed by atoms with E-state index in [9.17, 15) is 14.4 Å². The lowest BCUT2D eigenvalue weighted by Crippen LogP contribution is -2.53. The highest BCUT2D eigenvalue weighted by Crippen LogP contribution is 2.31. The number of amides is 2. The van der Waals surface area contributed by atoms with Crippen molar-refractivity contribution in [1.29, 1.82) is 0 Å². The number of nitrogens with one attached hydrogen (secondary N) is 1. The van der Waals surface area contributed by atoms with Gasteiger partial charge < -0.3 is 24.0 Å². The number of aromatic amines is 1. The highest BCUT2D eigenvalue weighted by atomic mass is 16.5. The maximum absolute atomic E-state index is 14.0. The van der Waals surface area contributed by atoms with Crippen molar-refractivity contribution in [1.82, 2.24) is 19.9 Å². The molecule has 9 nitrogen and oxygen atoms in total. The number of H-pyrrole nitrogens is 1. The minimum atomic E-state index is -0.735. The number of ketones is 1. The van der Waals surface area contributed by atoms with E-state index in [2.05, 4.69) is 15.0 Å². The molecule has 208 valence electrons. The van der Waals surface area contributed by atoms with E-state index in [0.29, 0.717) is 28.1 Å². The first-order valence-electron chi connectivity index (χ1n) is 14.2. The largest absolute Gasteiger partial charge is 0.497 e. The van der Waals surface area contributed by atoms with Crippen LogP contribution in [0.1, 0.15) is 86.0 Å². The van der Waals surface area contributed by atoms with Gasteiger partial charge in [-0.25, -0.2) is 0 Å². The van der Waals surface area contributed by atoms with Crippen LogP contribution in [-0.4, -0.2) is 63.3 Å². The Balaban J connectivity index is 1.41. The van der Waals surface area contributed by atoms with Gasteiger partial charge in [0.15, 0.2) is 5.76 Å². The van der Waals surface area contributed by atoms with E-state index in [1.165, 1.54) is 17.7 Å². The lowest BCUT2D eigenvalue weighted by atomic mass is 9.88. The molecule has 0 spiro atoms.